The van der Waals surface area contributed by atoms with Crippen molar-refractivity contribution in [1.82, 2.24) is 0 Å². The van der Waals surface area contributed by atoms with Crippen LogP contribution < -0.4 is 5.73 Å². The first kappa shape index (κ1) is 10.0. The predicted octanol–water partition coefficient (Wildman–Crippen LogP) is 2.80. The van der Waals surface area contributed by atoms with Gasteiger partial charge in [0.05, 0.1) is 0 Å². The predicted molar refractivity (Wildman–Crippen MR) is 53.9 cm³/mol. The van der Waals surface area contributed by atoms with E-state index < -0.39 is 0 Å². The van der Waals surface area contributed by atoms with Crippen molar-refractivity contribution < 1.29 is 0 Å². The molecule has 72 valence electrons. The quantitative estimate of drug-likeness (QED) is 0.593. The first-order chi connectivity index (χ1) is 5.39. The Morgan fingerprint density at radius 3 is 2.08 bits per heavy atom. The Kier molecular flexibility index (Phi) is 2.82. The van der Waals surface area contributed by atoms with Crippen molar-refractivity contribution in [3.63, 3.8) is 0 Å². The fourth-order valence-electron chi connectivity index (χ4n) is 2.36. The Hall–Kier alpha value is -0.0400. The Bertz CT molecular complexity index is 136. The molecule has 3 atom stereocenters. The van der Waals surface area contributed by atoms with Crippen LogP contribution in [-0.2, 0) is 0 Å². The van der Waals surface area contributed by atoms with Crippen molar-refractivity contribution in [3.8, 4) is 0 Å². The lowest BCUT2D eigenvalue weighted by atomic mass is 9.68. The van der Waals surface area contributed by atoms with E-state index in [0.717, 1.165) is 11.8 Å². The third-order valence-electron chi connectivity index (χ3n) is 3.20. The van der Waals surface area contributed by atoms with Crippen LogP contribution >= 0.6 is 0 Å². The van der Waals surface area contributed by atoms with E-state index in [1.807, 2.05) is 0 Å². The molecule has 1 rings (SSSR count). The Balaban J connectivity index is 2.55. The molecule has 0 aromatic rings. The highest BCUT2D eigenvalue weighted by Crippen LogP contribution is 2.39. The monoisotopic (exact) mass is 169 g/mol. The van der Waals surface area contributed by atoms with Gasteiger partial charge in [-0.15, -0.1) is 0 Å². The number of nitrogens with two attached hydrogens (primary N) is 1. The van der Waals surface area contributed by atoms with Gasteiger partial charge in [-0.2, -0.15) is 0 Å². The normalized spacial score (nSPS) is 38.2. The molecule has 0 unspecified atom stereocenters. The molecule has 0 amide bonds. The van der Waals surface area contributed by atoms with Crippen LogP contribution in [0, 0.1) is 17.3 Å². The van der Waals surface area contributed by atoms with Gasteiger partial charge < -0.3 is 5.73 Å². The van der Waals surface area contributed by atoms with Crippen LogP contribution in [0.15, 0.2) is 0 Å². The molecule has 2 N–H and O–H groups in total. The summed E-state index contributed by atoms with van der Waals surface area (Å²) in [6.07, 6.45) is 3.83. The average molecular weight is 169 g/mol. The maximum absolute atomic E-state index is 6.01. The standard InChI is InChI=1S/C11H23N/c1-8-5-9(11(2,3)4)7-10(12)6-8/h8-10H,5-7,12H2,1-4H3/t8-,9+,10-/m0/s1. The van der Waals surface area contributed by atoms with Crippen LogP contribution in [0.4, 0.5) is 0 Å². The molecule has 12 heavy (non-hydrogen) atoms. The van der Waals surface area contributed by atoms with Crippen molar-refractivity contribution in [2.75, 3.05) is 0 Å². The number of hydrogen-bond donors (Lipinski definition) is 1. The second kappa shape index (κ2) is 3.37. The summed E-state index contributed by atoms with van der Waals surface area (Å²) in [5, 5.41) is 0. The molecule has 1 aliphatic rings. The number of hydrogen-bond acceptors (Lipinski definition) is 1. The first-order valence-corrected chi connectivity index (χ1v) is 5.15. The molecule has 1 fully saturated rings. The molecule has 0 bridgehead atoms. The molecule has 0 radical (unpaired) electrons. The third-order valence-corrected chi connectivity index (χ3v) is 3.20. The lowest BCUT2D eigenvalue weighted by molar-refractivity contribution is 0.134. The fraction of sp³-hybridized carbons (Fsp3) is 1.00. The summed E-state index contributed by atoms with van der Waals surface area (Å²) in [7, 11) is 0. The summed E-state index contributed by atoms with van der Waals surface area (Å²) >= 11 is 0. The van der Waals surface area contributed by atoms with E-state index in [4.69, 9.17) is 5.73 Å². The SMILES string of the molecule is C[C@@H]1C[C@H](N)C[C@H](C(C)(C)C)C1. The largest absolute Gasteiger partial charge is 0.328 e. The van der Waals surface area contributed by atoms with Gasteiger partial charge in [0, 0.05) is 6.04 Å². The molecule has 0 aliphatic heterocycles. The van der Waals surface area contributed by atoms with Gasteiger partial charge in [-0.25, -0.2) is 0 Å². The molecule has 1 nitrogen and oxygen atoms in total. The lowest BCUT2D eigenvalue weighted by Gasteiger charge is -2.39. The molecular weight excluding hydrogens is 146 g/mol. The summed E-state index contributed by atoms with van der Waals surface area (Å²) in [4.78, 5) is 0. The zero-order valence-corrected chi connectivity index (χ0v) is 8.93. The van der Waals surface area contributed by atoms with Gasteiger partial charge in [-0.1, -0.05) is 27.7 Å². The van der Waals surface area contributed by atoms with Crippen molar-refractivity contribution in [1.29, 1.82) is 0 Å². The summed E-state index contributed by atoms with van der Waals surface area (Å²) < 4.78 is 0. The van der Waals surface area contributed by atoms with E-state index in [2.05, 4.69) is 27.7 Å². The van der Waals surface area contributed by atoms with Crippen molar-refractivity contribution >= 4 is 0 Å². The van der Waals surface area contributed by atoms with Crippen LogP contribution in [0.25, 0.3) is 0 Å². The molecule has 1 heteroatoms. The third kappa shape index (κ3) is 2.48. The van der Waals surface area contributed by atoms with Gasteiger partial charge in [0.2, 0.25) is 0 Å². The molecular formula is C11H23N. The van der Waals surface area contributed by atoms with Crippen LogP contribution in [0.2, 0.25) is 0 Å². The summed E-state index contributed by atoms with van der Waals surface area (Å²) in [5.41, 5.74) is 6.46. The molecule has 0 aromatic carbocycles. The lowest BCUT2D eigenvalue weighted by Crippen LogP contribution is -2.37. The van der Waals surface area contributed by atoms with Crippen molar-refractivity contribution in [2.45, 2.75) is 53.0 Å². The molecule has 1 aliphatic carbocycles. The van der Waals surface area contributed by atoms with Gasteiger partial charge in [0.25, 0.3) is 0 Å². The zero-order chi connectivity index (χ0) is 9.35. The minimum Gasteiger partial charge on any atom is -0.328 e. The van der Waals surface area contributed by atoms with Gasteiger partial charge in [0.1, 0.15) is 0 Å². The maximum atomic E-state index is 6.01. The summed E-state index contributed by atoms with van der Waals surface area (Å²) in [6, 6.07) is 0.456. The van der Waals surface area contributed by atoms with Crippen molar-refractivity contribution in [2.24, 2.45) is 23.0 Å². The summed E-state index contributed by atoms with van der Waals surface area (Å²) in [6.45, 7) is 9.34. The van der Waals surface area contributed by atoms with E-state index in [9.17, 15) is 0 Å². The highest BCUT2D eigenvalue weighted by atomic mass is 14.6. The molecule has 0 saturated heterocycles. The summed E-state index contributed by atoms with van der Waals surface area (Å²) in [5.74, 6) is 1.66. The molecule has 0 heterocycles. The highest BCUT2D eigenvalue weighted by molar-refractivity contribution is 4.85. The van der Waals surface area contributed by atoms with E-state index in [0.29, 0.717) is 11.5 Å². The number of rotatable bonds is 0. The first-order valence-electron chi connectivity index (χ1n) is 5.15. The second-order valence-corrected chi connectivity index (χ2v) is 5.64. The van der Waals surface area contributed by atoms with Crippen LogP contribution in [-0.4, -0.2) is 6.04 Å². The Morgan fingerprint density at radius 1 is 1.08 bits per heavy atom. The minimum atomic E-state index is 0.451. The van der Waals surface area contributed by atoms with Crippen LogP contribution in [0.1, 0.15) is 47.0 Å². The van der Waals surface area contributed by atoms with Gasteiger partial charge in [0.15, 0.2) is 0 Å². The second-order valence-electron chi connectivity index (χ2n) is 5.64. The topological polar surface area (TPSA) is 26.0 Å². The Morgan fingerprint density at radius 2 is 1.67 bits per heavy atom. The van der Waals surface area contributed by atoms with E-state index >= 15 is 0 Å². The van der Waals surface area contributed by atoms with Gasteiger partial charge in [-0.05, 0) is 36.5 Å². The van der Waals surface area contributed by atoms with E-state index in [1.165, 1.54) is 19.3 Å². The van der Waals surface area contributed by atoms with E-state index in [1.54, 1.807) is 0 Å². The molecule has 1 saturated carbocycles. The van der Waals surface area contributed by atoms with Gasteiger partial charge in [-0.3, -0.25) is 0 Å². The maximum Gasteiger partial charge on any atom is 0.00442 e. The highest BCUT2D eigenvalue weighted by Gasteiger charge is 2.31. The fourth-order valence-corrected chi connectivity index (χ4v) is 2.36. The molecule has 0 spiro atoms. The van der Waals surface area contributed by atoms with E-state index in [-0.39, 0.29) is 0 Å². The molecule has 0 aromatic heterocycles. The van der Waals surface area contributed by atoms with Crippen LogP contribution in [0.5, 0.6) is 0 Å². The minimum absolute atomic E-state index is 0.451. The zero-order valence-electron chi connectivity index (χ0n) is 8.93. The van der Waals surface area contributed by atoms with Crippen LogP contribution in [0.3, 0.4) is 0 Å². The smallest absolute Gasteiger partial charge is 0.00442 e. The average Bonchev–Trinajstić information content (AvgIpc) is 1.82. The van der Waals surface area contributed by atoms with Gasteiger partial charge >= 0.3 is 0 Å². The Labute approximate surface area is 76.7 Å². The van der Waals surface area contributed by atoms with Crippen molar-refractivity contribution in [3.05, 3.63) is 0 Å².